The second kappa shape index (κ2) is 11.2. The number of piperidine rings is 1. The summed E-state index contributed by atoms with van der Waals surface area (Å²) in [5.74, 6) is -1.48. The average molecular weight is 490 g/mol. The van der Waals surface area contributed by atoms with Gasteiger partial charge in [0.15, 0.2) is 0 Å². The highest BCUT2D eigenvalue weighted by atomic mass is 16.5. The number of benzene rings is 1. The molecule has 0 saturated carbocycles. The van der Waals surface area contributed by atoms with Gasteiger partial charge in [-0.05, 0) is 61.4 Å². The number of amides is 2. The molecule has 1 aromatic rings. The lowest BCUT2D eigenvalue weighted by molar-refractivity contribution is -0.147. The monoisotopic (exact) mass is 489 g/mol. The Kier molecular flexibility index (Phi) is 7.87. The largest absolute Gasteiger partial charge is 0.342 e. The summed E-state index contributed by atoms with van der Waals surface area (Å²) in [4.78, 5) is 35.9. The van der Waals surface area contributed by atoms with Gasteiger partial charge in [-0.2, -0.15) is 10.5 Å². The van der Waals surface area contributed by atoms with Gasteiger partial charge in [-0.15, -0.1) is 4.99 Å². The summed E-state index contributed by atoms with van der Waals surface area (Å²) in [5, 5.41) is 27.7. The maximum atomic E-state index is 13.5. The number of guanidine groups is 1. The number of hydrogen-bond donors (Lipinski definition) is 2. The fourth-order valence-corrected chi connectivity index (χ4v) is 5.52. The maximum absolute atomic E-state index is 13.5. The number of carbonyl (C=O) groups excluding carboxylic acids is 2. The van der Waals surface area contributed by atoms with E-state index in [-0.39, 0.29) is 12.5 Å². The van der Waals surface area contributed by atoms with E-state index in [9.17, 15) is 20.1 Å². The number of likely N-dealkylation sites (tertiary alicyclic amines) is 2. The van der Waals surface area contributed by atoms with E-state index in [1.165, 1.54) is 0 Å². The molecule has 0 spiro atoms. The average Bonchev–Trinajstić information content (AvgIpc) is 3.45. The van der Waals surface area contributed by atoms with Gasteiger partial charge in [0, 0.05) is 39.3 Å². The van der Waals surface area contributed by atoms with Crippen LogP contribution < -0.4 is 5.48 Å². The van der Waals surface area contributed by atoms with Gasteiger partial charge in [-0.3, -0.25) is 14.8 Å². The molecule has 2 N–H and O–H groups in total. The fourth-order valence-electron chi connectivity index (χ4n) is 5.52. The van der Waals surface area contributed by atoms with Crippen LogP contribution >= 0.6 is 0 Å². The van der Waals surface area contributed by atoms with Gasteiger partial charge in [0.2, 0.25) is 24.0 Å². The number of nitrogens with zero attached hydrogens (tertiary/aromatic N) is 6. The molecule has 2 atom stereocenters. The number of aryl methyl sites for hydroxylation is 1. The Morgan fingerprint density at radius 2 is 1.86 bits per heavy atom. The normalized spacial score (nSPS) is 22.5. The third kappa shape index (κ3) is 5.19. The van der Waals surface area contributed by atoms with Crippen molar-refractivity contribution in [2.45, 2.75) is 32.6 Å². The van der Waals surface area contributed by atoms with Crippen molar-refractivity contribution in [1.82, 2.24) is 20.2 Å². The maximum Gasteiger partial charge on any atom is 0.249 e. The first kappa shape index (κ1) is 25.2. The van der Waals surface area contributed by atoms with Crippen molar-refractivity contribution in [2.75, 3.05) is 39.3 Å². The fraction of sp³-hybridized carbons (Fsp3) is 0.500. The van der Waals surface area contributed by atoms with Gasteiger partial charge < -0.3 is 14.7 Å². The van der Waals surface area contributed by atoms with Crippen molar-refractivity contribution in [2.24, 2.45) is 16.8 Å². The van der Waals surface area contributed by atoms with Gasteiger partial charge in [0.25, 0.3) is 0 Å². The molecule has 10 heteroatoms. The minimum atomic E-state index is -0.756. The van der Waals surface area contributed by atoms with Gasteiger partial charge >= 0.3 is 0 Å². The molecule has 2 amide bonds. The number of nitriles is 2. The Balaban J connectivity index is 1.47. The van der Waals surface area contributed by atoms with Crippen LogP contribution in [0.3, 0.4) is 0 Å². The Labute approximate surface area is 211 Å². The van der Waals surface area contributed by atoms with Crippen LogP contribution in [0.2, 0.25) is 0 Å². The lowest BCUT2D eigenvalue weighted by Gasteiger charge is -2.41. The van der Waals surface area contributed by atoms with Crippen molar-refractivity contribution < 1.29 is 14.8 Å². The molecule has 0 aromatic heterocycles. The summed E-state index contributed by atoms with van der Waals surface area (Å²) in [6, 6.07) is 7.78. The first-order valence-corrected chi connectivity index (χ1v) is 12.4. The smallest absolute Gasteiger partial charge is 0.249 e. The van der Waals surface area contributed by atoms with Crippen LogP contribution in [0.1, 0.15) is 42.4 Å². The Morgan fingerprint density at radius 3 is 2.47 bits per heavy atom. The van der Waals surface area contributed by atoms with E-state index in [2.05, 4.69) is 11.1 Å². The zero-order valence-electron chi connectivity index (χ0n) is 20.5. The highest BCUT2D eigenvalue weighted by molar-refractivity contribution is 5.89. The summed E-state index contributed by atoms with van der Waals surface area (Å²) >= 11 is 0. The van der Waals surface area contributed by atoms with E-state index in [4.69, 9.17) is 5.26 Å². The zero-order chi connectivity index (χ0) is 25.7. The Morgan fingerprint density at radius 1 is 1.08 bits per heavy atom. The van der Waals surface area contributed by atoms with Crippen LogP contribution in [0.15, 0.2) is 29.3 Å². The van der Waals surface area contributed by atoms with Crippen LogP contribution in [0.25, 0.3) is 5.57 Å². The molecular weight excluding hydrogens is 458 g/mol. The predicted octanol–water partition coefficient (Wildman–Crippen LogP) is 1.86. The van der Waals surface area contributed by atoms with Crippen LogP contribution in [0.4, 0.5) is 0 Å². The molecule has 1 aromatic carbocycles. The third-order valence-corrected chi connectivity index (χ3v) is 7.42. The first-order valence-electron chi connectivity index (χ1n) is 12.4. The van der Waals surface area contributed by atoms with E-state index in [0.717, 1.165) is 42.6 Å². The molecule has 0 aliphatic carbocycles. The number of hydroxylamine groups is 1. The van der Waals surface area contributed by atoms with E-state index < -0.39 is 17.7 Å². The summed E-state index contributed by atoms with van der Waals surface area (Å²) in [7, 11) is 0. The number of hydrogen-bond acceptors (Lipinski definition) is 6. The molecular formula is C26H31N7O3. The minimum absolute atomic E-state index is 0.102. The van der Waals surface area contributed by atoms with E-state index in [1.807, 2.05) is 41.1 Å². The highest BCUT2D eigenvalue weighted by Gasteiger charge is 2.42. The molecule has 0 radical (unpaired) electrons. The van der Waals surface area contributed by atoms with Crippen LogP contribution in [0, 0.1) is 41.5 Å². The second-order valence-corrected chi connectivity index (χ2v) is 9.53. The molecule has 3 heterocycles. The highest BCUT2D eigenvalue weighted by Crippen LogP contribution is 2.31. The third-order valence-electron chi connectivity index (χ3n) is 7.42. The van der Waals surface area contributed by atoms with Gasteiger partial charge in [0.05, 0.1) is 23.5 Å². The summed E-state index contributed by atoms with van der Waals surface area (Å²) < 4.78 is 0. The molecule has 3 aliphatic rings. The first-order chi connectivity index (χ1) is 17.5. The van der Waals surface area contributed by atoms with Crippen molar-refractivity contribution in [3.05, 3.63) is 41.0 Å². The van der Waals surface area contributed by atoms with Gasteiger partial charge in [-0.25, -0.2) is 5.48 Å². The molecule has 3 aliphatic heterocycles. The molecule has 2 fully saturated rings. The molecule has 0 unspecified atom stereocenters. The van der Waals surface area contributed by atoms with E-state index >= 15 is 0 Å². The second-order valence-electron chi connectivity index (χ2n) is 9.53. The molecule has 10 nitrogen and oxygen atoms in total. The topological polar surface area (TPSA) is 136 Å². The molecule has 0 bridgehead atoms. The lowest BCUT2D eigenvalue weighted by Crippen LogP contribution is -2.56. The van der Waals surface area contributed by atoms with Crippen molar-refractivity contribution in [3.63, 3.8) is 0 Å². The summed E-state index contributed by atoms with van der Waals surface area (Å²) in [6.45, 7) is 5.27. The number of aliphatic imine (C=N–C) groups is 1. The molecule has 188 valence electrons. The zero-order valence-corrected chi connectivity index (χ0v) is 20.5. The van der Waals surface area contributed by atoms with Crippen LogP contribution in [-0.4, -0.2) is 76.9 Å². The standard InChI is InChI=1S/C26H31N7O3/c1-18-14-19(15-27)4-5-21(18)20-6-11-31(12-7-20)25(35)22-8-13-33(16-23(22)24(34)30-36)26(29-17-28)32-9-2-3-10-32/h4-6,14,22-23,36H,2-3,7-13,16H2,1H3,(H,30,34)/b29-26+/t22-,23-/m0/s1. The number of nitrogens with one attached hydrogen (secondary N) is 1. The summed E-state index contributed by atoms with van der Waals surface area (Å²) in [5.41, 5.74) is 5.61. The predicted molar refractivity (Wildman–Crippen MR) is 132 cm³/mol. The van der Waals surface area contributed by atoms with E-state index in [0.29, 0.717) is 44.0 Å². The van der Waals surface area contributed by atoms with Crippen molar-refractivity contribution in [3.8, 4) is 12.3 Å². The van der Waals surface area contributed by atoms with Crippen LogP contribution in [-0.2, 0) is 9.59 Å². The number of carbonyl (C=O) groups is 2. The SMILES string of the molecule is Cc1cc(C#N)ccc1C1=CCN(C(=O)[C@H]2CCN(/C(=N/C#N)N3CCCC3)C[C@@H]2C(=O)NO)CC1. The van der Waals surface area contributed by atoms with Gasteiger partial charge in [0.1, 0.15) is 0 Å². The van der Waals surface area contributed by atoms with Crippen LogP contribution in [0.5, 0.6) is 0 Å². The van der Waals surface area contributed by atoms with Gasteiger partial charge in [-0.1, -0.05) is 12.1 Å². The minimum Gasteiger partial charge on any atom is -0.342 e. The quantitative estimate of drug-likeness (QED) is 0.217. The van der Waals surface area contributed by atoms with E-state index in [1.54, 1.807) is 16.4 Å². The Hall–Kier alpha value is -3.89. The van der Waals surface area contributed by atoms with Crippen molar-refractivity contribution in [1.29, 1.82) is 10.5 Å². The molecule has 36 heavy (non-hydrogen) atoms. The lowest BCUT2D eigenvalue weighted by atomic mass is 9.83. The molecule has 2 saturated heterocycles. The Bertz CT molecular complexity index is 1160. The summed E-state index contributed by atoms with van der Waals surface area (Å²) in [6.07, 6.45) is 7.06. The number of rotatable bonds is 3. The van der Waals surface area contributed by atoms with Crippen molar-refractivity contribution >= 4 is 23.3 Å². The molecule has 4 rings (SSSR count).